The molecule has 0 aliphatic carbocycles. The van der Waals surface area contributed by atoms with Gasteiger partial charge in [-0.1, -0.05) is 27.7 Å². The van der Waals surface area contributed by atoms with Gasteiger partial charge >= 0.3 is 0 Å². The molecular formula is C15H34N2O. The Hall–Kier alpha value is -0.120. The SMILES string of the molecule is CC(C)CNCC(C)(C)CN(C)CCCCCO. The van der Waals surface area contributed by atoms with Crippen LogP contribution >= 0.6 is 0 Å². The van der Waals surface area contributed by atoms with Crippen molar-refractivity contribution in [2.75, 3.05) is 39.8 Å². The van der Waals surface area contributed by atoms with Gasteiger partial charge in [0.25, 0.3) is 0 Å². The van der Waals surface area contributed by atoms with Gasteiger partial charge in [0.2, 0.25) is 0 Å². The summed E-state index contributed by atoms with van der Waals surface area (Å²) in [7, 11) is 2.20. The van der Waals surface area contributed by atoms with Crippen LogP contribution in [0.15, 0.2) is 0 Å². The minimum Gasteiger partial charge on any atom is -0.396 e. The van der Waals surface area contributed by atoms with E-state index in [9.17, 15) is 0 Å². The van der Waals surface area contributed by atoms with Gasteiger partial charge in [0.05, 0.1) is 0 Å². The monoisotopic (exact) mass is 258 g/mol. The van der Waals surface area contributed by atoms with Crippen molar-refractivity contribution < 1.29 is 5.11 Å². The molecule has 0 fully saturated rings. The van der Waals surface area contributed by atoms with Crippen molar-refractivity contribution in [3.63, 3.8) is 0 Å². The van der Waals surface area contributed by atoms with Gasteiger partial charge < -0.3 is 15.3 Å². The Morgan fingerprint density at radius 2 is 1.83 bits per heavy atom. The molecular weight excluding hydrogens is 224 g/mol. The molecule has 0 rings (SSSR count). The number of nitrogens with one attached hydrogen (secondary N) is 1. The molecule has 2 N–H and O–H groups in total. The Balaban J connectivity index is 3.70. The molecule has 0 spiro atoms. The molecule has 0 heterocycles. The van der Waals surface area contributed by atoms with Crippen LogP contribution in [0.2, 0.25) is 0 Å². The number of hydrogen-bond acceptors (Lipinski definition) is 3. The summed E-state index contributed by atoms with van der Waals surface area (Å²) in [4.78, 5) is 2.41. The highest BCUT2D eigenvalue weighted by atomic mass is 16.2. The summed E-state index contributed by atoms with van der Waals surface area (Å²) in [5.74, 6) is 0.719. The predicted molar refractivity (Wildman–Crippen MR) is 79.9 cm³/mol. The third-order valence-electron chi connectivity index (χ3n) is 3.05. The molecule has 0 amide bonds. The van der Waals surface area contributed by atoms with Crippen molar-refractivity contribution in [1.29, 1.82) is 0 Å². The van der Waals surface area contributed by atoms with Gasteiger partial charge in [-0.25, -0.2) is 0 Å². The maximum atomic E-state index is 8.74. The fourth-order valence-electron chi connectivity index (χ4n) is 2.24. The van der Waals surface area contributed by atoms with Crippen LogP contribution in [0.5, 0.6) is 0 Å². The van der Waals surface area contributed by atoms with E-state index in [-0.39, 0.29) is 0 Å². The van der Waals surface area contributed by atoms with Gasteiger partial charge in [0, 0.05) is 19.7 Å². The van der Waals surface area contributed by atoms with E-state index in [1.165, 1.54) is 6.42 Å². The lowest BCUT2D eigenvalue weighted by Crippen LogP contribution is -2.40. The Morgan fingerprint density at radius 1 is 1.17 bits per heavy atom. The first-order valence-electron chi connectivity index (χ1n) is 7.37. The molecule has 0 aliphatic rings. The van der Waals surface area contributed by atoms with Crippen molar-refractivity contribution >= 4 is 0 Å². The van der Waals surface area contributed by atoms with Crippen molar-refractivity contribution in [3.05, 3.63) is 0 Å². The Labute approximate surface area is 114 Å². The van der Waals surface area contributed by atoms with Crippen molar-refractivity contribution in [2.45, 2.75) is 47.0 Å². The van der Waals surface area contributed by atoms with E-state index in [4.69, 9.17) is 5.11 Å². The summed E-state index contributed by atoms with van der Waals surface area (Å²) in [5.41, 5.74) is 0.320. The second-order valence-electron chi connectivity index (χ2n) is 6.71. The van der Waals surface area contributed by atoms with Crippen molar-refractivity contribution in [3.8, 4) is 0 Å². The largest absolute Gasteiger partial charge is 0.396 e. The standard InChI is InChI=1S/C15H34N2O/c1-14(2)11-16-12-15(3,4)13-17(5)9-7-6-8-10-18/h14,16,18H,6-13H2,1-5H3. The number of aliphatic hydroxyl groups excluding tert-OH is 1. The first-order valence-corrected chi connectivity index (χ1v) is 7.37. The van der Waals surface area contributed by atoms with Crippen LogP contribution in [0.4, 0.5) is 0 Å². The van der Waals surface area contributed by atoms with Gasteiger partial charge in [0.15, 0.2) is 0 Å². The number of aliphatic hydroxyl groups is 1. The smallest absolute Gasteiger partial charge is 0.0431 e. The molecule has 18 heavy (non-hydrogen) atoms. The van der Waals surface area contributed by atoms with Crippen LogP contribution in [-0.2, 0) is 0 Å². The molecule has 0 aromatic rings. The zero-order valence-electron chi connectivity index (χ0n) is 13.1. The lowest BCUT2D eigenvalue weighted by atomic mass is 9.92. The quantitative estimate of drug-likeness (QED) is 0.558. The summed E-state index contributed by atoms with van der Waals surface area (Å²) in [5, 5.41) is 12.3. The van der Waals surface area contributed by atoms with E-state index in [2.05, 4.69) is 45.0 Å². The van der Waals surface area contributed by atoms with Crippen LogP contribution in [0.25, 0.3) is 0 Å². The highest BCUT2D eigenvalue weighted by molar-refractivity contribution is 4.75. The molecule has 0 unspecified atom stereocenters. The van der Waals surface area contributed by atoms with Crippen LogP contribution in [0.3, 0.4) is 0 Å². The second-order valence-corrected chi connectivity index (χ2v) is 6.71. The summed E-state index contributed by atoms with van der Waals surface area (Å²) in [6, 6.07) is 0. The average Bonchev–Trinajstić information content (AvgIpc) is 2.22. The third kappa shape index (κ3) is 11.0. The fraction of sp³-hybridized carbons (Fsp3) is 1.00. The summed E-state index contributed by atoms with van der Waals surface area (Å²) >= 11 is 0. The zero-order chi connectivity index (χ0) is 14.0. The Bertz CT molecular complexity index is 193. The maximum Gasteiger partial charge on any atom is 0.0431 e. The molecule has 0 radical (unpaired) electrons. The Kier molecular flexibility index (Phi) is 9.70. The summed E-state index contributed by atoms with van der Waals surface area (Å²) in [6.45, 7) is 13.9. The van der Waals surface area contributed by atoms with Crippen LogP contribution in [0, 0.1) is 11.3 Å². The molecule has 0 aromatic carbocycles. The molecule has 3 nitrogen and oxygen atoms in total. The topological polar surface area (TPSA) is 35.5 Å². The van der Waals surface area contributed by atoms with Gasteiger partial charge in [-0.15, -0.1) is 0 Å². The number of nitrogens with zero attached hydrogens (tertiary/aromatic N) is 1. The lowest BCUT2D eigenvalue weighted by molar-refractivity contribution is 0.197. The first-order chi connectivity index (χ1) is 8.37. The van der Waals surface area contributed by atoms with Gasteiger partial charge in [0.1, 0.15) is 0 Å². The average molecular weight is 258 g/mol. The summed E-state index contributed by atoms with van der Waals surface area (Å²) in [6.07, 6.45) is 3.26. The van der Waals surface area contributed by atoms with Gasteiger partial charge in [-0.05, 0) is 50.7 Å². The third-order valence-corrected chi connectivity index (χ3v) is 3.05. The van der Waals surface area contributed by atoms with Crippen LogP contribution in [0.1, 0.15) is 47.0 Å². The van der Waals surface area contributed by atoms with E-state index in [1.807, 2.05) is 0 Å². The van der Waals surface area contributed by atoms with E-state index in [1.54, 1.807) is 0 Å². The fourth-order valence-corrected chi connectivity index (χ4v) is 2.24. The van der Waals surface area contributed by atoms with Crippen molar-refractivity contribution in [1.82, 2.24) is 10.2 Å². The first kappa shape index (κ1) is 17.9. The second kappa shape index (κ2) is 9.76. The Morgan fingerprint density at radius 3 is 2.39 bits per heavy atom. The highest BCUT2D eigenvalue weighted by Gasteiger charge is 2.19. The van der Waals surface area contributed by atoms with Crippen molar-refractivity contribution in [2.24, 2.45) is 11.3 Å². The van der Waals surface area contributed by atoms with E-state index in [0.29, 0.717) is 12.0 Å². The van der Waals surface area contributed by atoms with E-state index >= 15 is 0 Å². The molecule has 110 valence electrons. The normalized spacial score (nSPS) is 12.7. The van der Waals surface area contributed by atoms with E-state index < -0.39 is 0 Å². The summed E-state index contributed by atoms with van der Waals surface area (Å²) < 4.78 is 0. The zero-order valence-corrected chi connectivity index (χ0v) is 13.1. The molecule has 0 atom stereocenters. The molecule has 0 saturated carbocycles. The maximum absolute atomic E-state index is 8.74. The molecule has 0 aliphatic heterocycles. The molecule has 3 heteroatoms. The number of unbranched alkanes of at least 4 members (excludes halogenated alkanes) is 2. The minimum absolute atomic E-state index is 0.320. The molecule has 0 aromatic heterocycles. The van der Waals surface area contributed by atoms with Gasteiger partial charge in [-0.3, -0.25) is 0 Å². The van der Waals surface area contributed by atoms with Crippen LogP contribution in [-0.4, -0.2) is 49.8 Å². The van der Waals surface area contributed by atoms with Gasteiger partial charge in [-0.2, -0.15) is 0 Å². The number of hydrogen-bond donors (Lipinski definition) is 2. The predicted octanol–water partition coefficient (Wildman–Crippen LogP) is 2.35. The minimum atomic E-state index is 0.320. The lowest BCUT2D eigenvalue weighted by Gasteiger charge is -2.31. The number of rotatable bonds is 11. The van der Waals surface area contributed by atoms with Crippen LogP contribution < -0.4 is 5.32 Å². The highest BCUT2D eigenvalue weighted by Crippen LogP contribution is 2.15. The van der Waals surface area contributed by atoms with E-state index in [0.717, 1.165) is 44.9 Å². The molecule has 0 saturated heterocycles. The molecule has 0 bridgehead atoms.